The molecule has 1 N–H and O–H groups in total. The molecule has 1 rings (SSSR count). The standard InChI is InChI=1S/C10H20N4/c1-10(7-12-2)8-13-3-5-14(9-11)6-4-13/h10,12H,3-8H2,1-2H3. The van der Waals surface area contributed by atoms with Crippen LogP contribution in [0, 0.1) is 17.4 Å². The number of rotatable bonds is 4. The van der Waals surface area contributed by atoms with E-state index in [-0.39, 0.29) is 0 Å². The van der Waals surface area contributed by atoms with E-state index in [1.54, 1.807) is 0 Å². The first-order chi connectivity index (χ1) is 6.76. The highest BCUT2D eigenvalue weighted by Crippen LogP contribution is 2.04. The van der Waals surface area contributed by atoms with Gasteiger partial charge in [0.15, 0.2) is 6.19 Å². The first kappa shape index (κ1) is 11.3. The van der Waals surface area contributed by atoms with Gasteiger partial charge in [0.25, 0.3) is 0 Å². The van der Waals surface area contributed by atoms with Gasteiger partial charge in [-0.3, -0.25) is 4.90 Å². The summed E-state index contributed by atoms with van der Waals surface area (Å²) in [5, 5.41) is 11.9. The molecule has 1 saturated heterocycles. The van der Waals surface area contributed by atoms with Crippen molar-refractivity contribution in [1.29, 1.82) is 5.26 Å². The molecule has 0 aromatic carbocycles. The summed E-state index contributed by atoms with van der Waals surface area (Å²) >= 11 is 0. The Kier molecular flexibility index (Phi) is 4.71. The van der Waals surface area contributed by atoms with E-state index in [4.69, 9.17) is 5.26 Å². The minimum atomic E-state index is 0.689. The summed E-state index contributed by atoms with van der Waals surface area (Å²) in [6.07, 6.45) is 2.20. The van der Waals surface area contributed by atoms with Crippen LogP contribution in [0.1, 0.15) is 6.92 Å². The van der Waals surface area contributed by atoms with Crippen LogP contribution < -0.4 is 5.32 Å². The van der Waals surface area contributed by atoms with Crippen LogP contribution in [-0.2, 0) is 0 Å². The van der Waals surface area contributed by atoms with Crippen molar-refractivity contribution in [3.8, 4) is 6.19 Å². The average Bonchev–Trinajstić information content (AvgIpc) is 2.19. The molecule has 0 amide bonds. The summed E-state index contributed by atoms with van der Waals surface area (Å²) in [6.45, 7) is 8.31. The smallest absolute Gasteiger partial charge is 0.179 e. The van der Waals surface area contributed by atoms with Crippen LogP contribution in [0.2, 0.25) is 0 Å². The second-order valence-electron chi connectivity index (χ2n) is 4.05. The normalized spacial score (nSPS) is 20.5. The Morgan fingerprint density at radius 2 is 2.00 bits per heavy atom. The van der Waals surface area contributed by atoms with Crippen LogP contribution in [0.25, 0.3) is 0 Å². The van der Waals surface area contributed by atoms with Crippen LogP contribution in [0.5, 0.6) is 0 Å². The molecule has 14 heavy (non-hydrogen) atoms. The molecule has 80 valence electrons. The molecule has 1 atom stereocenters. The van der Waals surface area contributed by atoms with Crippen molar-refractivity contribution in [2.24, 2.45) is 5.92 Å². The Bertz CT molecular complexity index is 191. The van der Waals surface area contributed by atoms with Crippen molar-refractivity contribution in [3.63, 3.8) is 0 Å². The minimum Gasteiger partial charge on any atom is -0.319 e. The van der Waals surface area contributed by atoms with Gasteiger partial charge in [0.2, 0.25) is 0 Å². The Labute approximate surface area is 86.5 Å². The quantitative estimate of drug-likeness (QED) is 0.640. The van der Waals surface area contributed by atoms with Crippen LogP contribution >= 0.6 is 0 Å². The maximum Gasteiger partial charge on any atom is 0.179 e. The fourth-order valence-electron chi connectivity index (χ4n) is 1.88. The zero-order valence-electron chi connectivity index (χ0n) is 9.16. The Morgan fingerprint density at radius 3 is 2.50 bits per heavy atom. The van der Waals surface area contributed by atoms with Gasteiger partial charge in [-0.05, 0) is 19.5 Å². The molecule has 1 aliphatic rings. The van der Waals surface area contributed by atoms with Crippen molar-refractivity contribution in [2.45, 2.75) is 6.92 Å². The Hall–Kier alpha value is -0.790. The molecule has 1 fully saturated rings. The molecular weight excluding hydrogens is 176 g/mol. The molecule has 0 spiro atoms. The zero-order chi connectivity index (χ0) is 10.4. The SMILES string of the molecule is CNCC(C)CN1CCN(C#N)CC1. The average molecular weight is 196 g/mol. The number of nitriles is 1. The molecule has 0 saturated carbocycles. The van der Waals surface area contributed by atoms with E-state index in [9.17, 15) is 0 Å². The van der Waals surface area contributed by atoms with Crippen LogP contribution in [0.15, 0.2) is 0 Å². The second-order valence-corrected chi connectivity index (χ2v) is 4.05. The summed E-state index contributed by atoms with van der Waals surface area (Å²) in [7, 11) is 1.99. The molecule has 1 heterocycles. The number of hydrogen-bond acceptors (Lipinski definition) is 4. The molecule has 0 aliphatic carbocycles. The molecule has 0 radical (unpaired) electrons. The molecule has 0 aromatic rings. The molecule has 1 unspecified atom stereocenters. The highest BCUT2D eigenvalue weighted by molar-refractivity contribution is 4.81. The third-order valence-corrected chi connectivity index (χ3v) is 2.64. The molecule has 4 heteroatoms. The topological polar surface area (TPSA) is 42.3 Å². The van der Waals surface area contributed by atoms with E-state index in [1.807, 2.05) is 11.9 Å². The highest BCUT2D eigenvalue weighted by Gasteiger charge is 2.16. The predicted octanol–water partition coefficient (Wildman–Crippen LogP) is -0.0594. The first-order valence-electron chi connectivity index (χ1n) is 5.28. The Balaban J connectivity index is 2.19. The van der Waals surface area contributed by atoms with E-state index >= 15 is 0 Å². The highest BCUT2D eigenvalue weighted by atomic mass is 15.3. The van der Waals surface area contributed by atoms with Crippen molar-refractivity contribution in [1.82, 2.24) is 15.1 Å². The molecule has 1 aliphatic heterocycles. The van der Waals surface area contributed by atoms with Crippen molar-refractivity contribution in [2.75, 3.05) is 46.3 Å². The van der Waals surface area contributed by atoms with Gasteiger partial charge in [-0.2, -0.15) is 5.26 Å². The number of nitrogens with one attached hydrogen (secondary N) is 1. The lowest BCUT2D eigenvalue weighted by Gasteiger charge is -2.33. The summed E-state index contributed by atoms with van der Waals surface area (Å²) in [6, 6.07) is 0. The fraction of sp³-hybridized carbons (Fsp3) is 0.900. The summed E-state index contributed by atoms with van der Waals surface area (Å²) in [4.78, 5) is 4.27. The molecular formula is C10H20N4. The van der Waals surface area contributed by atoms with Crippen molar-refractivity contribution >= 4 is 0 Å². The van der Waals surface area contributed by atoms with Gasteiger partial charge in [0.05, 0.1) is 0 Å². The summed E-state index contributed by atoms with van der Waals surface area (Å²) < 4.78 is 0. The van der Waals surface area contributed by atoms with Gasteiger partial charge in [-0.1, -0.05) is 6.92 Å². The maximum atomic E-state index is 8.69. The zero-order valence-corrected chi connectivity index (χ0v) is 9.16. The lowest BCUT2D eigenvalue weighted by Crippen LogP contribution is -2.46. The van der Waals surface area contributed by atoms with E-state index in [0.29, 0.717) is 5.92 Å². The van der Waals surface area contributed by atoms with Crippen molar-refractivity contribution in [3.05, 3.63) is 0 Å². The van der Waals surface area contributed by atoms with Gasteiger partial charge in [-0.15, -0.1) is 0 Å². The van der Waals surface area contributed by atoms with E-state index in [0.717, 1.165) is 39.3 Å². The van der Waals surface area contributed by atoms with E-state index in [1.165, 1.54) is 0 Å². The van der Waals surface area contributed by atoms with E-state index in [2.05, 4.69) is 23.3 Å². The van der Waals surface area contributed by atoms with Crippen molar-refractivity contribution < 1.29 is 0 Å². The molecule has 0 aromatic heterocycles. The number of nitrogens with zero attached hydrogens (tertiary/aromatic N) is 3. The van der Waals surface area contributed by atoms with Gasteiger partial charge in [0, 0.05) is 32.7 Å². The summed E-state index contributed by atoms with van der Waals surface area (Å²) in [5.74, 6) is 0.689. The van der Waals surface area contributed by atoms with Gasteiger partial charge in [-0.25, -0.2) is 0 Å². The second kappa shape index (κ2) is 5.84. The van der Waals surface area contributed by atoms with Gasteiger partial charge < -0.3 is 10.2 Å². The van der Waals surface area contributed by atoms with Crippen LogP contribution in [-0.4, -0.2) is 56.1 Å². The Morgan fingerprint density at radius 1 is 1.36 bits per heavy atom. The lowest BCUT2D eigenvalue weighted by molar-refractivity contribution is 0.155. The third-order valence-electron chi connectivity index (χ3n) is 2.64. The third kappa shape index (κ3) is 3.52. The predicted molar refractivity (Wildman–Crippen MR) is 56.7 cm³/mol. The number of hydrogen-bond donors (Lipinski definition) is 1. The number of piperazine rings is 1. The van der Waals surface area contributed by atoms with Gasteiger partial charge in [0.1, 0.15) is 0 Å². The van der Waals surface area contributed by atoms with Crippen LogP contribution in [0.3, 0.4) is 0 Å². The fourth-order valence-corrected chi connectivity index (χ4v) is 1.88. The van der Waals surface area contributed by atoms with E-state index < -0.39 is 0 Å². The molecule has 0 bridgehead atoms. The maximum absolute atomic E-state index is 8.69. The van der Waals surface area contributed by atoms with Gasteiger partial charge >= 0.3 is 0 Å². The largest absolute Gasteiger partial charge is 0.319 e. The lowest BCUT2D eigenvalue weighted by atomic mass is 10.1. The minimum absolute atomic E-state index is 0.689. The summed E-state index contributed by atoms with van der Waals surface area (Å²) in [5.41, 5.74) is 0. The van der Waals surface area contributed by atoms with Crippen LogP contribution in [0.4, 0.5) is 0 Å². The molecule has 4 nitrogen and oxygen atoms in total. The first-order valence-corrected chi connectivity index (χ1v) is 5.28. The monoisotopic (exact) mass is 196 g/mol.